The van der Waals surface area contributed by atoms with E-state index in [0.29, 0.717) is 17.8 Å². The van der Waals surface area contributed by atoms with Gasteiger partial charge in [-0.25, -0.2) is 5.43 Å². The maximum absolute atomic E-state index is 12.5. The molecule has 120 valence electrons. The van der Waals surface area contributed by atoms with E-state index in [0.717, 1.165) is 0 Å². The summed E-state index contributed by atoms with van der Waals surface area (Å²) in [6.45, 7) is 2.45. The molecule has 0 amide bonds. The van der Waals surface area contributed by atoms with Crippen LogP contribution in [0.1, 0.15) is 12.5 Å². The van der Waals surface area contributed by atoms with Gasteiger partial charge in [-0.05, 0) is 24.3 Å². The predicted octanol–water partition coefficient (Wildman–Crippen LogP) is 2.87. The summed E-state index contributed by atoms with van der Waals surface area (Å²) < 4.78 is 28.9. The number of amidine groups is 1. The van der Waals surface area contributed by atoms with Gasteiger partial charge in [-0.3, -0.25) is 9.99 Å². The lowest BCUT2D eigenvalue weighted by Gasteiger charge is -2.31. The number of sulfonamides is 1. The summed E-state index contributed by atoms with van der Waals surface area (Å²) in [7, 11) is -3.89. The number of hydrogen-bond acceptors (Lipinski definition) is 5. The summed E-state index contributed by atoms with van der Waals surface area (Å²) in [6, 6.07) is 6.18. The molecule has 0 saturated heterocycles. The number of anilines is 1. The largest absolute Gasteiger partial charge is 0.286 e. The first-order chi connectivity index (χ1) is 10.9. The van der Waals surface area contributed by atoms with Crippen LogP contribution in [0, 0.1) is 0 Å². The monoisotopic (exact) mass is 370 g/mol. The van der Waals surface area contributed by atoms with Crippen molar-refractivity contribution >= 4 is 44.7 Å². The molecule has 0 unspecified atom stereocenters. The first-order valence-electron chi connectivity index (χ1n) is 6.72. The van der Waals surface area contributed by atoms with E-state index < -0.39 is 10.0 Å². The Hall–Kier alpha value is -1.67. The third kappa shape index (κ3) is 2.92. The molecule has 1 aliphatic heterocycles. The number of hydrogen-bond donors (Lipinski definition) is 1. The second-order valence-corrected chi connectivity index (χ2v) is 7.09. The van der Waals surface area contributed by atoms with Gasteiger partial charge < -0.3 is 0 Å². The van der Waals surface area contributed by atoms with Crippen molar-refractivity contribution in [3.63, 3.8) is 0 Å². The first kappa shape index (κ1) is 16.2. The van der Waals surface area contributed by atoms with Crippen LogP contribution in [0.5, 0.6) is 0 Å². The normalized spacial score (nSPS) is 16.0. The van der Waals surface area contributed by atoms with E-state index in [1.807, 2.05) is 6.92 Å². The molecule has 1 aromatic heterocycles. The molecule has 23 heavy (non-hydrogen) atoms. The minimum Gasteiger partial charge on any atom is -0.265 e. The van der Waals surface area contributed by atoms with Crippen LogP contribution in [0.4, 0.5) is 5.69 Å². The first-order valence-corrected chi connectivity index (χ1v) is 8.91. The SMILES string of the molecule is CCNN1C(c2ccncc2)=NS(=O)(=O)c2cc(Cl)c(Cl)cc21. The molecule has 0 saturated carbocycles. The zero-order chi connectivity index (χ0) is 16.6. The highest BCUT2D eigenvalue weighted by Crippen LogP contribution is 2.37. The molecule has 0 aliphatic carbocycles. The summed E-state index contributed by atoms with van der Waals surface area (Å²) >= 11 is 12.0. The highest BCUT2D eigenvalue weighted by molar-refractivity contribution is 7.90. The van der Waals surface area contributed by atoms with Crippen molar-refractivity contribution in [3.8, 4) is 0 Å². The topological polar surface area (TPSA) is 74.7 Å². The van der Waals surface area contributed by atoms with Crippen LogP contribution in [0.2, 0.25) is 10.0 Å². The molecule has 2 aromatic rings. The molecule has 9 heteroatoms. The van der Waals surface area contributed by atoms with E-state index in [4.69, 9.17) is 23.2 Å². The van der Waals surface area contributed by atoms with Crippen LogP contribution in [0.25, 0.3) is 0 Å². The number of hydrazine groups is 1. The van der Waals surface area contributed by atoms with Crippen molar-refractivity contribution in [1.29, 1.82) is 0 Å². The molecule has 0 spiro atoms. The number of halogens is 2. The summed E-state index contributed by atoms with van der Waals surface area (Å²) in [4.78, 5) is 3.94. The Kier molecular flexibility index (Phi) is 4.29. The number of aromatic nitrogens is 1. The molecule has 1 aliphatic rings. The minimum absolute atomic E-state index is 0.00524. The predicted molar refractivity (Wildman–Crippen MR) is 90.6 cm³/mol. The smallest absolute Gasteiger partial charge is 0.265 e. The van der Waals surface area contributed by atoms with Crippen LogP contribution in [-0.4, -0.2) is 25.8 Å². The Balaban J connectivity index is 2.27. The number of fused-ring (bicyclic) bond motifs is 1. The summed E-state index contributed by atoms with van der Waals surface area (Å²) in [5.74, 6) is 0.250. The van der Waals surface area contributed by atoms with Crippen molar-refractivity contribution in [2.24, 2.45) is 4.40 Å². The van der Waals surface area contributed by atoms with Crippen molar-refractivity contribution < 1.29 is 8.42 Å². The average molecular weight is 371 g/mol. The maximum atomic E-state index is 12.5. The number of nitrogens with one attached hydrogen (secondary N) is 1. The van der Waals surface area contributed by atoms with E-state index in [-0.39, 0.29) is 20.8 Å². The fourth-order valence-electron chi connectivity index (χ4n) is 2.22. The molecule has 3 rings (SSSR count). The zero-order valence-electron chi connectivity index (χ0n) is 12.0. The van der Waals surface area contributed by atoms with E-state index >= 15 is 0 Å². The molecule has 6 nitrogen and oxygen atoms in total. The second kappa shape index (κ2) is 6.09. The van der Waals surface area contributed by atoms with Gasteiger partial charge in [-0.15, -0.1) is 4.40 Å². The molecule has 0 radical (unpaired) electrons. The Morgan fingerprint density at radius 1 is 1.17 bits per heavy atom. The fraction of sp³-hybridized carbons (Fsp3) is 0.143. The highest BCUT2D eigenvalue weighted by Gasteiger charge is 2.32. The number of benzene rings is 1. The zero-order valence-corrected chi connectivity index (χ0v) is 14.3. The average Bonchev–Trinajstić information content (AvgIpc) is 2.53. The van der Waals surface area contributed by atoms with Gasteiger partial charge in [0.15, 0.2) is 5.84 Å². The third-order valence-electron chi connectivity index (χ3n) is 3.19. The Labute approximate surface area is 143 Å². The van der Waals surface area contributed by atoms with E-state index in [2.05, 4.69) is 14.8 Å². The number of nitrogens with zero attached hydrogens (tertiary/aromatic N) is 3. The summed E-state index contributed by atoms with van der Waals surface area (Å²) in [5, 5.41) is 2.01. The fourth-order valence-corrected chi connectivity index (χ4v) is 3.80. The van der Waals surface area contributed by atoms with Crippen molar-refractivity contribution in [3.05, 3.63) is 52.3 Å². The Morgan fingerprint density at radius 3 is 2.48 bits per heavy atom. The van der Waals surface area contributed by atoms with Crippen LogP contribution in [0.3, 0.4) is 0 Å². The van der Waals surface area contributed by atoms with Crippen LogP contribution < -0.4 is 10.4 Å². The minimum atomic E-state index is -3.89. The van der Waals surface area contributed by atoms with Crippen LogP contribution in [-0.2, 0) is 10.0 Å². The number of rotatable bonds is 3. The lowest BCUT2D eigenvalue weighted by atomic mass is 10.2. The van der Waals surface area contributed by atoms with E-state index in [1.54, 1.807) is 29.5 Å². The van der Waals surface area contributed by atoms with Gasteiger partial charge in [0.05, 0.1) is 15.7 Å². The molecule has 0 atom stereocenters. The standard InChI is InChI=1S/C14H12Cl2N4O2S/c1-2-18-20-12-7-10(15)11(16)8-13(12)23(21,22)19-14(20)9-3-5-17-6-4-9/h3-8,18H,2H2,1H3. The van der Waals surface area contributed by atoms with Gasteiger partial charge in [0.2, 0.25) is 0 Å². The van der Waals surface area contributed by atoms with Gasteiger partial charge in [0, 0.05) is 24.5 Å². The van der Waals surface area contributed by atoms with Crippen molar-refractivity contribution in [2.45, 2.75) is 11.8 Å². The summed E-state index contributed by atoms with van der Waals surface area (Å²) in [5.41, 5.74) is 4.08. The van der Waals surface area contributed by atoms with Crippen LogP contribution in [0.15, 0.2) is 46.0 Å². The van der Waals surface area contributed by atoms with E-state index in [9.17, 15) is 8.42 Å². The van der Waals surface area contributed by atoms with Gasteiger partial charge in [0.1, 0.15) is 4.90 Å². The Bertz CT molecular complexity index is 885. The molecule has 0 fully saturated rings. The summed E-state index contributed by atoms with van der Waals surface area (Å²) in [6.07, 6.45) is 3.14. The molecule has 1 aromatic carbocycles. The molecule has 0 bridgehead atoms. The molecule has 2 heterocycles. The van der Waals surface area contributed by atoms with Crippen molar-refractivity contribution in [2.75, 3.05) is 11.6 Å². The number of pyridine rings is 1. The Morgan fingerprint density at radius 2 is 1.83 bits per heavy atom. The van der Waals surface area contributed by atoms with Gasteiger partial charge >= 0.3 is 0 Å². The van der Waals surface area contributed by atoms with Gasteiger partial charge in [-0.2, -0.15) is 8.42 Å². The van der Waals surface area contributed by atoms with Crippen molar-refractivity contribution in [1.82, 2.24) is 10.4 Å². The second-order valence-electron chi connectivity index (χ2n) is 4.71. The maximum Gasteiger partial charge on any atom is 0.286 e. The molecule has 1 N–H and O–H groups in total. The lowest BCUT2D eigenvalue weighted by Crippen LogP contribution is -2.46. The third-order valence-corrected chi connectivity index (χ3v) is 5.21. The van der Waals surface area contributed by atoms with E-state index in [1.165, 1.54) is 12.1 Å². The molecular formula is C14H12Cl2N4O2S. The lowest BCUT2D eigenvalue weighted by molar-refractivity contribution is 0.595. The quantitative estimate of drug-likeness (QED) is 0.898. The molecular weight excluding hydrogens is 359 g/mol. The van der Waals surface area contributed by atoms with Gasteiger partial charge in [0.25, 0.3) is 10.0 Å². The van der Waals surface area contributed by atoms with Crippen LogP contribution >= 0.6 is 23.2 Å². The highest BCUT2D eigenvalue weighted by atomic mass is 35.5. The van der Waals surface area contributed by atoms with Gasteiger partial charge in [-0.1, -0.05) is 30.1 Å².